The zero-order valence-electron chi connectivity index (χ0n) is 13.0. The molecule has 1 aromatic heterocycles. The zero-order chi connectivity index (χ0) is 15.2. The van der Waals surface area contributed by atoms with Crippen molar-refractivity contribution in [1.29, 1.82) is 0 Å². The topological polar surface area (TPSA) is 56.0 Å². The largest absolute Gasteiger partial charge is 0.618 e. The molecule has 4 fully saturated rings. The molecule has 0 radical (unpaired) electrons. The average molecular weight is 300 g/mol. The van der Waals surface area contributed by atoms with E-state index in [4.69, 9.17) is 0 Å². The van der Waals surface area contributed by atoms with Crippen LogP contribution < -0.4 is 10.0 Å². The first-order valence-corrected chi connectivity index (χ1v) is 8.60. The van der Waals surface area contributed by atoms with Gasteiger partial charge in [0.25, 0.3) is 5.69 Å². The van der Waals surface area contributed by atoms with Gasteiger partial charge in [0.05, 0.1) is 0 Å². The summed E-state index contributed by atoms with van der Waals surface area (Å²) in [7, 11) is 0. The van der Waals surface area contributed by atoms with Gasteiger partial charge in [-0.05, 0) is 74.2 Å². The summed E-state index contributed by atoms with van der Waals surface area (Å²) >= 11 is 0. The third kappa shape index (κ3) is 2.49. The van der Waals surface area contributed by atoms with Gasteiger partial charge >= 0.3 is 5.91 Å². The van der Waals surface area contributed by atoms with Gasteiger partial charge in [0, 0.05) is 18.7 Å². The van der Waals surface area contributed by atoms with Gasteiger partial charge in [0.15, 0.2) is 6.20 Å². The first-order valence-electron chi connectivity index (χ1n) is 8.60. The summed E-state index contributed by atoms with van der Waals surface area (Å²) in [5.74, 6) is 2.58. The highest BCUT2D eigenvalue weighted by molar-refractivity contribution is 5.90. The predicted molar refractivity (Wildman–Crippen MR) is 83.0 cm³/mol. The summed E-state index contributed by atoms with van der Waals surface area (Å²) in [5, 5.41) is 14.6. The number of nitrogens with one attached hydrogen (secondary N) is 1. The van der Waals surface area contributed by atoms with Crippen molar-refractivity contribution in [3.05, 3.63) is 35.3 Å². The van der Waals surface area contributed by atoms with Crippen molar-refractivity contribution in [3.63, 3.8) is 0 Å². The van der Waals surface area contributed by atoms with E-state index in [1.54, 1.807) is 18.2 Å². The lowest BCUT2D eigenvalue weighted by Gasteiger charge is -2.57. The number of hydrogen-bond donors (Lipinski definition) is 1. The van der Waals surface area contributed by atoms with Crippen molar-refractivity contribution < 1.29 is 9.52 Å². The lowest BCUT2D eigenvalue weighted by Crippen LogP contribution is -2.47. The van der Waals surface area contributed by atoms with E-state index in [1.165, 1.54) is 44.7 Å². The minimum absolute atomic E-state index is 0.188. The Bertz CT molecular complexity index is 549. The van der Waals surface area contributed by atoms with Crippen LogP contribution in [-0.2, 0) is 0 Å². The maximum Gasteiger partial charge on any atom is 0.317 e. The predicted octanol–water partition coefficient (Wildman–Crippen LogP) is 2.66. The minimum Gasteiger partial charge on any atom is -0.618 e. The van der Waals surface area contributed by atoms with Gasteiger partial charge in [-0.2, -0.15) is 4.73 Å². The van der Waals surface area contributed by atoms with E-state index >= 15 is 0 Å². The van der Waals surface area contributed by atoms with Gasteiger partial charge in [0.2, 0.25) is 0 Å². The van der Waals surface area contributed by atoms with E-state index in [2.05, 4.69) is 5.32 Å². The van der Waals surface area contributed by atoms with Crippen molar-refractivity contribution in [1.82, 2.24) is 5.32 Å². The molecule has 0 aromatic carbocycles. The highest BCUT2D eigenvalue weighted by atomic mass is 16.5. The van der Waals surface area contributed by atoms with Crippen LogP contribution in [0.15, 0.2) is 24.4 Å². The number of carbonyl (C=O) groups excluding carboxylic acids is 1. The Morgan fingerprint density at radius 1 is 1.18 bits per heavy atom. The van der Waals surface area contributed by atoms with E-state index in [9.17, 15) is 10.0 Å². The highest BCUT2D eigenvalue weighted by Crippen LogP contribution is 2.61. The van der Waals surface area contributed by atoms with Crippen LogP contribution in [0.1, 0.15) is 55.4 Å². The molecular formula is C18H24N2O2. The van der Waals surface area contributed by atoms with Crippen LogP contribution in [0.5, 0.6) is 0 Å². The molecule has 118 valence electrons. The molecule has 1 N–H and O–H groups in total. The zero-order valence-corrected chi connectivity index (χ0v) is 13.0. The van der Waals surface area contributed by atoms with Crippen LogP contribution in [0.2, 0.25) is 0 Å². The molecule has 0 unspecified atom stereocenters. The second kappa shape index (κ2) is 5.25. The van der Waals surface area contributed by atoms with Gasteiger partial charge in [-0.25, -0.2) is 0 Å². The van der Waals surface area contributed by atoms with Gasteiger partial charge in [0.1, 0.15) is 0 Å². The van der Waals surface area contributed by atoms with Crippen LogP contribution in [0, 0.1) is 28.4 Å². The van der Waals surface area contributed by atoms with Gasteiger partial charge in [-0.3, -0.25) is 4.79 Å². The van der Waals surface area contributed by atoms with Crippen molar-refractivity contribution in [2.75, 3.05) is 6.54 Å². The molecule has 4 aliphatic carbocycles. The number of amides is 1. The number of rotatable bonds is 4. The van der Waals surface area contributed by atoms with E-state index in [-0.39, 0.29) is 11.6 Å². The third-order valence-corrected chi connectivity index (χ3v) is 6.16. The van der Waals surface area contributed by atoms with Crippen LogP contribution in [0.3, 0.4) is 0 Å². The molecule has 0 aliphatic heterocycles. The van der Waals surface area contributed by atoms with Gasteiger partial charge in [-0.1, -0.05) is 0 Å². The summed E-state index contributed by atoms with van der Waals surface area (Å²) in [6.07, 6.45) is 10.9. The van der Waals surface area contributed by atoms with Crippen molar-refractivity contribution >= 4 is 5.91 Å². The number of nitrogens with zero attached hydrogens (tertiary/aromatic N) is 1. The standard InChI is InChI=1S/C18H24N2O2/c21-17(16-3-1-2-6-20(16)22)19-5-4-18-10-13-7-14(11-18)9-15(8-13)12-18/h1-3,6,13-15H,4-5,7-12H2,(H,19,21). The molecule has 1 amide bonds. The maximum atomic E-state index is 12.1. The maximum absolute atomic E-state index is 12.1. The fourth-order valence-electron chi connectivity index (χ4n) is 5.73. The molecule has 4 nitrogen and oxygen atoms in total. The Kier molecular flexibility index (Phi) is 3.35. The second-order valence-corrected chi connectivity index (χ2v) is 7.84. The Labute approximate surface area is 131 Å². The van der Waals surface area contributed by atoms with Gasteiger partial charge < -0.3 is 10.5 Å². The van der Waals surface area contributed by atoms with E-state index < -0.39 is 0 Å². The quantitative estimate of drug-likeness (QED) is 0.686. The minimum atomic E-state index is -0.250. The van der Waals surface area contributed by atoms with Crippen LogP contribution in [0.25, 0.3) is 0 Å². The Hall–Kier alpha value is -1.58. The summed E-state index contributed by atoms with van der Waals surface area (Å²) in [6, 6.07) is 4.94. The SMILES string of the molecule is O=C(NCCC12CC3CC(CC(C3)C1)C2)c1cccc[n+]1[O-]. The molecule has 4 aliphatic rings. The van der Waals surface area contributed by atoms with Crippen molar-refractivity contribution in [2.24, 2.45) is 23.2 Å². The molecule has 0 spiro atoms. The highest BCUT2D eigenvalue weighted by Gasteiger charge is 2.50. The molecule has 0 saturated heterocycles. The summed E-state index contributed by atoms with van der Waals surface area (Å²) in [6.45, 7) is 0.694. The monoisotopic (exact) mass is 300 g/mol. The summed E-state index contributed by atoms with van der Waals surface area (Å²) in [4.78, 5) is 12.1. The van der Waals surface area contributed by atoms with E-state index in [1.807, 2.05) is 0 Å². The smallest absolute Gasteiger partial charge is 0.317 e. The van der Waals surface area contributed by atoms with Gasteiger partial charge in [-0.15, -0.1) is 0 Å². The Morgan fingerprint density at radius 2 is 1.82 bits per heavy atom. The Morgan fingerprint density at radius 3 is 2.41 bits per heavy atom. The Balaban J connectivity index is 1.36. The summed E-state index contributed by atoms with van der Waals surface area (Å²) in [5.41, 5.74) is 0.666. The molecule has 4 bridgehead atoms. The van der Waals surface area contributed by atoms with E-state index in [0.717, 1.165) is 24.2 Å². The average Bonchev–Trinajstić information content (AvgIpc) is 2.46. The molecule has 4 saturated carbocycles. The molecule has 4 heteroatoms. The fourth-order valence-corrected chi connectivity index (χ4v) is 5.73. The molecular weight excluding hydrogens is 276 g/mol. The lowest BCUT2D eigenvalue weighted by molar-refractivity contribution is -0.607. The number of pyridine rings is 1. The fraction of sp³-hybridized carbons (Fsp3) is 0.667. The number of hydrogen-bond acceptors (Lipinski definition) is 2. The second-order valence-electron chi connectivity index (χ2n) is 7.84. The number of aromatic nitrogens is 1. The van der Waals surface area contributed by atoms with Crippen molar-refractivity contribution in [2.45, 2.75) is 44.9 Å². The molecule has 1 heterocycles. The third-order valence-electron chi connectivity index (χ3n) is 6.16. The van der Waals surface area contributed by atoms with Crippen LogP contribution in [-0.4, -0.2) is 12.5 Å². The molecule has 5 rings (SSSR count). The normalized spacial score (nSPS) is 35.5. The first-order chi connectivity index (χ1) is 10.6. The molecule has 22 heavy (non-hydrogen) atoms. The number of carbonyl (C=O) groups is 1. The van der Waals surface area contributed by atoms with Crippen molar-refractivity contribution in [3.8, 4) is 0 Å². The molecule has 0 atom stereocenters. The van der Waals surface area contributed by atoms with Crippen LogP contribution in [0.4, 0.5) is 0 Å². The summed E-state index contributed by atoms with van der Waals surface area (Å²) < 4.78 is 0.639. The van der Waals surface area contributed by atoms with E-state index in [0.29, 0.717) is 16.7 Å². The first kappa shape index (κ1) is 14.0. The molecule has 1 aromatic rings. The van der Waals surface area contributed by atoms with Crippen LogP contribution >= 0.6 is 0 Å². The lowest BCUT2D eigenvalue weighted by atomic mass is 9.49.